The number of fused-ring (bicyclic) bond motifs is 2. The molecule has 2 fully saturated rings. The zero-order valence-corrected chi connectivity index (χ0v) is 13.9. The highest BCUT2D eigenvalue weighted by Gasteiger charge is 2.51. The Morgan fingerprint density at radius 3 is 2.16 bits per heavy atom. The SMILES string of the molecule is NNC12CCC(C1)C(=Cc1ccccc1O)C2=Cc1ccccc1O. The Bertz CT molecular complexity index is 872. The van der Waals surface area contributed by atoms with Gasteiger partial charge in [-0.15, -0.1) is 0 Å². The number of benzene rings is 2. The van der Waals surface area contributed by atoms with Gasteiger partial charge >= 0.3 is 0 Å². The lowest BCUT2D eigenvalue weighted by molar-refractivity contribution is 0.418. The summed E-state index contributed by atoms with van der Waals surface area (Å²) in [6.45, 7) is 0. The molecule has 0 heterocycles. The molecule has 4 heteroatoms. The predicted octanol–water partition coefficient (Wildman–Crippen LogP) is 3.58. The van der Waals surface area contributed by atoms with Crippen molar-refractivity contribution in [3.8, 4) is 11.5 Å². The minimum atomic E-state index is -0.261. The molecule has 5 N–H and O–H groups in total. The number of hydrazine groups is 1. The third kappa shape index (κ3) is 2.64. The number of nitrogens with one attached hydrogen (secondary N) is 1. The highest BCUT2D eigenvalue weighted by Crippen LogP contribution is 2.55. The molecular formula is C21H22N2O2. The average Bonchev–Trinajstić information content (AvgIpc) is 3.17. The Labute approximate surface area is 147 Å². The summed E-state index contributed by atoms with van der Waals surface area (Å²) < 4.78 is 0. The molecule has 2 unspecified atom stereocenters. The standard InChI is InChI=1S/C21H22N2O2/c22-23-21-10-9-16(13-21)17(11-14-5-1-3-7-19(14)24)18(21)12-15-6-2-4-8-20(15)25/h1-8,11-12,16,23-25H,9-10,13,22H2. The van der Waals surface area contributed by atoms with Crippen LogP contribution in [0.1, 0.15) is 30.4 Å². The van der Waals surface area contributed by atoms with Crippen LogP contribution in [-0.4, -0.2) is 15.8 Å². The van der Waals surface area contributed by atoms with E-state index >= 15 is 0 Å². The summed E-state index contributed by atoms with van der Waals surface area (Å²) >= 11 is 0. The van der Waals surface area contributed by atoms with Gasteiger partial charge < -0.3 is 10.2 Å². The van der Waals surface area contributed by atoms with Crippen LogP contribution in [-0.2, 0) is 0 Å². The molecule has 0 aliphatic heterocycles. The summed E-state index contributed by atoms with van der Waals surface area (Å²) in [6, 6.07) is 14.7. The first-order valence-corrected chi connectivity index (χ1v) is 8.61. The van der Waals surface area contributed by atoms with Crippen LogP contribution in [0.3, 0.4) is 0 Å². The van der Waals surface area contributed by atoms with E-state index < -0.39 is 0 Å². The molecule has 2 aliphatic carbocycles. The van der Waals surface area contributed by atoms with Gasteiger partial charge in [0, 0.05) is 11.1 Å². The van der Waals surface area contributed by atoms with Crippen molar-refractivity contribution in [2.45, 2.75) is 24.8 Å². The number of para-hydroxylation sites is 2. The van der Waals surface area contributed by atoms with E-state index in [1.807, 2.05) is 42.5 Å². The first-order valence-electron chi connectivity index (χ1n) is 8.61. The second kappa shape index (κ2) is 6.06. The molecule has 0 saturated heterocycles. The Balaban J connectivity index is 1.86. The maximum atomic E-state index is 10.2. The van der Waals surface area contributed by atoms with Gasteiger partial charge in [-0.05, 0) is 60.6 Å². The summed E-state index contributed by atoms with van der Waals surface area (Å²) in [7, 11) is 0. The van der Waals surface area contributed by atoms with Crippen LogP contribution in [0, 0.1) is 5.92 Å². The summed E-state index contributed by atoms with van der Waals surface area (Å²) in [6.07, 6.45) is 7.08. The van der Waals surface area contributed by atoms with Gasteiger partial charge in [0.1, 0.15) is 11.5 Å². The second-order valence-corrected chi connectivity index (χ2v) is 6.94. The molecule has 4 nitrogen and oxygen atoms in total. The van der Waals surface area contributed by atoms with E-state index in [0.717, 1.165) is 36.0 Å². The van der Waals surface area contributed by atoms with Crippen molar-refractivity contribution in [1.82, 2.24) is 5.43 Å². The first kappa shape index (κ1) is 15.9. The molecule has 2 bridgehead atoms. The highest BCUT2D eigenvalue weighted by molar-refractivity contribution is 5.75. The van der Waals surface area contributed by atoms with Crippen LogP contribution < -0.4 is 11.3 Å². The van der Waals surface area contributed by atoms with Crippen molar-refractivity contribution in [1.29, 1.82) is 0 Å². The highest BCUT2D eigenvalue weighted by atomic mass is 16.3. The first-order chi connectivity index (χ1) is 12.1. The molecular weight excluding hydrogens is 312 g/mol. The lowest BCUT2D eigenvalue weighted by Crippen LogP contribution is -2.47. The number of nitrogens with two attached hydrogens (primary N) is 1. The fourth-order valence-electron chi connectivity index (χ4n) is 4.22. The van der Waals surface area contributed by atoms with Crippen LogP contribution in [0.2, 0.25) is 0 Å². The third-order valence-corrected chi connectivity index (χ3v) is 5.54. The van der Waals surface area contributed by atoms with Gasteiger partial charge in [-0.1, -0.05) is 36.4 Å². The van der Waals surface area contributed by atoms with E-state index in [2.05, 4.69) is 11.5 Å². The summed E-state index contributed by atoms with van der Waals surface area (Å²) in [4.78, 5) is 0. The quantitative estimate of drug-likeness (QED) is 0.511. The van der Waals surface area contributed by atoms with Gasteiger partial charge in [0.25, 0.3) is 0 Å². The van der Waals surface area contributed by atoms with Crippen molar-refractivity contribution in [2.24, 2.45) is 11.8 Å². The summed E-state index contributed by atoms with van der Waals surface area (Å²) in [5, 5.41) is 20.3. The van der Waals surface area contributed by atoms with Gasteiger partial charge in [-0.3, -0.25) is 5.84 Å². The number of phenolic OH excluding ortho intramolecular Hbond substituents is 2. The van der Waals surface area contributed by atoms with Crippen LogP contribution >= 0.6 is 0 Å². The molecule has 2 aromatic carbocycles. The van der Waals surface area contributed by atoms with Gasteiger partial charge in [0.05, 0.1) is 5.54 Å². The minimum Gasteiger partial charge on any atom is -0.507 e. The zero-order valence-electron chi connectivity index (χ0n) is 13.9. The van der Waals surface area contributed by atoms with Crippen LogP contribution in [0.15, 0.2) is 59.7 Å². The molecule has 2 saturated carbocycles. The Morgan fingerprint density at radius 1 is 0.960 bits per heavy atom. The topological polar surface area (TPSA) is 78.5 Å². The lowest BCUT2D eigenvalue weighted by Gasteiger charge is -2.30. The number of hydrogen-bond acceptors (Lipinski definition) is 4. The molecule has 0 aromatic heterocycles. The van der Waals surface area contributed by atoms with Gasteiger partial charge in [0.15, 0.2) is 0 Å². The summed E-state index contributed by atoms with van der Waals surface area (Å²) in [5.74, 6) is 6.88. The predicted molar refractivity (Wildman–Crippen MR) is 99.6 cm³/mol. The second-order valence-electron chi connectivity index (χ2n) is 6.94. The van der Waals surface area contributed by atoms with Crippen molar-refractivity contribution < 1.29 is 10.2 Å². The Kier molecular flexibility index (Phi) is 3.86. The van der Waals surface area contributed by atoms with E-state index in [0.29, 0.717) is 5.92 Å². The van der Waals surface area contributed by atoms with Gasteiger partial charge in [0.2, 0.25) is 0 Å². The maximum absolute atomic E-state index is 10.2. The molecule has 0 radical (unpaired) electrons. The van der Waals surface area contributed by atoms with Crippen molar-refractivity contribution >= 4 is 12.2 Å². The summed E-state index contributed by atoms with van der Waals surface area (Å²) in [5.41, 5.74) is 6.66. The van der Waals surface area contributed by atoms with Gasteiger partial charge in [-0.25, -0.2) is 5.43 Å². The van der Waals surface area contributed by atoms with Crippen LogP contribution in [0.25, 0.3) is 12.2 Å². The van der Waals surface area contributed by atoms with E-state index in [4.69, 9.17) is 5.84 Å². The molecule has 128 valence electrons. The van der Waals surface area contributed by atoms with Gasteiger partial charge in [-0.2, -0.15) is 0 Å². The van der Waals surface area contributed by atoms with E-state index in [1.54, 1.807) is 12.1 Å². The van der Waals surface area contributed by atoms with Crippen LogP contribution in [0.4, 0.5) is 0 Å². The number of aromatic hydroxyl groups is 2. The fraction of sp³-hybridized carbons (Fsp3) is 0.238. The van der Waals surface area contributed by atoms with Crippen molar-refractivity contribution in [3.63, 3.8) is 0 Å². The van der Waals surface area contributed by atoms with E-state index in [9.17, 15) is 10.2 Å². The fourth-order valence-corrected chi connectivity index (χ4v) is 4.22. The smallest absolute Gasteiger partial charge is 0.122 e. The maximum Gasteiger partial charge on any atom is 0.122 e. The molecule has 25 heavy (non-hydrogen) atoms. The zero-order chi connectivity index (χ0) is 17.4. The molecule has 2 aromatic rings. The number of phenols is 2. The average molecular weight is 334 g/mol. The van der Waals surface area contributed by atoms with Crippen molar-refractivity contribution in [3.05, 3.63) is 70.8 Å². The minimum absolute atomic E-state index is 0.256. The largest absolute Gasteiger partial charge is 0.507 e. The molecule has 0 amide bonds. The molecule has 4 rings (SSSR count). The number of rotatable bonds is 3. The third-order valence-electron chi connectivity index (χ3n) is 5.54. The monoisotopic (exact) mass is 334 g/mol. The molecule has 2 atom stereocenters. The van der Waals surface area contributed by atoms with Crippen molar-refractivity contribution in [2.75, 3.05) is 0 Å². The Hall–Kier alpha value is -2.56. The van der Waals surface area contributed by atoms with Crippen LogP contribution in [0.5, 0.6) is 11.5 Å². The number of hydrogen-bond donors (Lipinski definition) is 4. The van der Waals surface area contributed by atoms with E-state index in [-0.39, 0.29) is 17.0 Å². The molecule has 0 spiro atoms. The lowest BCUT2D eigenvalue weighted by atomic mass is 9.83. The molecule has 2 aliphatic rings. The van der Waals surface area contributed by atoms with E-state index in [1.165, 1.54) is 5.57 Å². The Morgan fingerprint density at radius 2 is 1.56 bits per heavy atom. The normalized spacial score (nSPS) is 28.1.